The van der Waals surface area contributed by atoms with Gasteiger partial charge in [0, 0.05) is 13.7 Å². The molecule has 98 valence electrons. The molecule has 2 N–H and O–H groups in total. The average Bonchev–Trinajstić information content (AvgIpc) is 2.34. The number of amides is 1. The van der Waals surface area contributed by atoms with Gasteiger partial charge in [-0.25, -0.2) is 0 Å². The quantitative estimate of drug-likeness (QED) is 0.717. The lowest BCUT2D eigenvalue weighted by Gasteiger charge is -2.28. The summed E-state index contributed by atoms with van der Waals surface area (Å²) in [5.74, 6) is 0.460. The molecule has 0 saturated carbocycles. The number of hydrogen-bond acceptors (Lipinski definition) is 2. The van der Waals surface area contributed by atoms with Gasteiger partial charge in [0.25, 0.3) is 0 Å². The summed E-state index contributed by atoms with van der Waals surface area (Å²) < 4.78 is 2.14. The predicted octanol–water partition coefficient (Wildman–Crippen LogP) is 3.38. The molecule has 1 aromatic carbocycles. The Bertz CT molecular complexity index is 453. The van der Waals surface area contributed by atoms with E-state index in [9.17, 15) is 4.79 Å². The van der Waals surface area contributed by atoms with Crippen molar-refractivity contribution in [2.75, 3.05) is 11.9 Å². The lowest BCUT2D eigenvalue weighted by atomic mass is 9.92. The highest BCUT2D eigenvalue weighted by atomic mass is 127. The number of hydrogen-bond donors (Lipinski definition) is 2. The molecule has 1 aromatic rings. The topological polar surface area (TPSA) is 41.1 Å². The highest BCUT2D eigenvalue weighted by molar-refractivity contribution is 14.1. The van der Waals surface area contributed by atoms with E-state index in [0.717, 1.165) is 33.1 Å². The van der Waals surface area contributed by atoms with Crippen molar-refractivity contribution in [2.24, 2.45) is 5.92 Å². The van der Waals surface area contributed by atoms with Gasteiger partial charge in [0.2, 0.25) is 5.91 Å². The lowest BCUT2D eigenvalue weighted by Crippen LogP contribution is -2.48. The second-order valence-electron chi connectivity index (χ2n) is 4.67. The Kier molecular flexibility index (Phi) is 5.03. The predicted molar refractivity (Wildman–Crippen MR) is 85.7 cm³/mol. The molecular weight excluding hydrogens is 407 g/mol. The van der Waals surface area contributed by atoms with Crippen molar-refractivity contribution in [3.63, 3.8) is 0 Å². The Morgan fingerprint density at radius 1 is 1.56 bits per heavy atom. The number of nitrogens with one attached hydrogen (secondary N) is 2. The third-order valence-electron chi connectivity index (χ3n) is 3.24. The zero-order chi connectivity index (χ0) is 13.1. The van der Waals surface area contributed by atoms with Crippen LogP contribution in [0.15, 0.2) is 22.7 Å². The SMILES string of the molecule is CC1CCCNC1C(=O)Nc1ccc(I)c(Br)c1. The molecule has 1 aliphatic rings. The van der Waals surface area contributed by atoms with Crippen molar-refractivity contribution >= 4 is 50.1 Å². The monoisotopic (exact) mass is 422 g/mol. The van der Waals surface area contributed by atoms with Crippen LogP contribution >= 0.6 is 38.5 Å². The molecule has 0 spiro atoms. The van der Waals surface area contributed by atoms with Crippen LogP contribution in [0.2, 0.25) is 0 Å². The molecule has 0 bridgehead atoms. The van der Waals surface area contributed by atoms with Gasteiger partial charge in [-0.3, -0.25) is 4.79 Å². The fourth-order valence-electron chi connectivity index (χ4n) is 2.19. The number of piperidine rings is 1. The Morgan fingerprint density at radius 2 is 2.33 bits per heavy atom. The van der Waals surface area contributed by atoms with Gasteiger partial charge in [-0.05, 0) is 82.0 Å². The minimum absolute atomic E-state index is 0.0651. The molecule has 18 heavy (non-hydrogen) atoms. The van der Waals surface area contributed by atoms with Gasteiger partial charge in [0.1, 0.15) is 0 Å². The minimum Gasteiger partial charge on any atom is -0.325 e. The highest BCUT2D eigenvalue weighted by Gasteiger charge is 2.27. The first kappa shape index (κ1) is 14.3. The molecule has 5 heteroatoms. The average molecular weight is 423 g/mol. The Balaban J connectivity index is 2.04. The minimum atomic E-state index is -0.0724. The summed E-state index contributed by atoms with van der Waals surface area (Å²) in [6.07, 6.45) is 2.27. The Morgan fingerprint density at radius 3 is 3.00 bits per heavy atom. The third kappa shape index (κ3) is 3.45. The van der Waals surface area contributed by atoms with Crippen molar-refractivity contribution in [1.29, 1.82) is 0 Å². The van der Waals surface area contributed by atoms with Crippen LogP contribution in [0.3, 0.4) is 0 Å². The van der Waals surface area contributed by atoms with E-state index in [1.165, 1.54) is 0 Å². The summed E-state index contributed by atoms with van der Waals surface area (Å²) >= 11 is 5.72. The number of carbonyl (C=O) groups is 1. The van der Waals surface area contributed by atoms with Crippen LogP contribution in [0, 0.1) is 9.49 Å². The first-order valence-corrected chi connectivity index (χ1v) is 7.94. The maximum atomic E-state index is 12.2. The van der Waals surface area contributed by atoms with Crippen molar-refractivity contribution < 1.29 is 4.79 Å². The van der Waals surface area contributed by atoms with E-state index in [0.29, 0.717) is 5.92 Å². The first-order valence-electron chi connectivity index (χ1n) is 6.07. The van der Waals surface area contributed by atoms with Crippen LogP contribution in [-0.2, 0) is 4.79 Å². The van der Waals surface area contributed by atoms with Gasteiger partial charge in [0.15, 0.2) is 0 Å². The van der Waals surface area contributed by atoms with Crippen LogP contribution in [0.4, 0.5) is 5.69 Å². The summed E-state index contributed by atoms with van der Waals surface area (Å²) in [7, 11) is 0. The zero-order valence-corrected chi connectivity index (χ0v) is 13.9. The van der Waals surface area contributed by atoms with E-state index < -0.39 is 0 Å². The van der Waals surface area contributed by atoms with Crippen molar-refractivity contribution in [2.45, 2.75) is 25.8 Å². The smallest absolute Gasteiger partial charge is 0.241 e. The van der Waals surface area contributed by atoms with Crippen molar-refractivity contribution in [3.05, 3.63) is 26.2 Å². The van der Waals surface area contributed by atoms with Gasteiger partial charge in [-0.2, -0.15) is 0 Å². The van der Waals surface area contributed by atoms with E-state index in [1.54, 1.807) is 0 Å². The second kappa shape index (κ2) is 6.34. The molecule has 1 fully saturated rings. The number of anilines is 1. The van der Waals surface area contributed by atoms with Gasteiger partial charge >= 0.3 is 0 Å². The summed E-state index contributed by atoms with van der Waals surface area (Å²) in [5, 5.41) is 6.26. The first-order chi connectivity index (χ1) is 8.58. The molecule has 1 saturated heterocycles. The highest BCUT2D eigenvalue weighted by Crippen LogP contribution is 2.24. The molecule has 0 radical (unpaired) electrons. The van der Waals surface area contributed by atoms with Gasteiger partial charge in [-0.15, -0.1) is 0 Å². The van der Waals surface area contributed by atoms with Crippen LogP contribution < -0.4 is 10.6 Å². The maximum absolute atomic E-state index is 12.2. The largest absolute Gasteiger partial charge is 0.325 e. The molecule has 1 amide bonds. The maximum Gasteiger partial charge on any atom is 0.241 e. The number of benzene rings is 1. The fourth-order valence-corrected chi connectivity index (χ4v) is 2.91. The summed E-state index contributed by atoms with van der Waals surface area (Å²) in [5.41, 5.74) is 0.840. The van der Waals surface area contributed by atoms with Gasteiger partial charge < -0.3 is 10.6 Å². The molecule has 3 nitrogen and oxygen atoms in total. The summed E-state index contributed by atoms with van der Waals surface area (Å²) in [4.78, 5) is 12.2. The molecule has 2 atom stereocenters. The Hall–Kier alpha value is -0.140. The van der Waals surface area contributed by atoms with Gasteiger partial charge in [-0.1, -0.05) is 6.92 Å². The Labute approximate surface area is 129 Å². The normalized spacial score (nSPS) is 23.7. The van der Waals surface area contributed by atoms with Crippen LogP contribution in [0.25, 0.3) is 0 Å². The summed E-state index contributed by atoms with van der Waals surface area (Å²) in [6, 6.07) is 5.78. The summed E-state index contributed by atoms with van der Waals surface area (Å²) in [6.45, 7) is 3.05. The van der Waals surface area contributed by atoms with Crippen molar-refractivity contribution in [3.8, 4) is 0 Å². The van der Waals surface area contributed by atoms with Gasteiger partial charge in [0.05, 0.1) is 6.04 Å². The standard InChI is InChI=1S/C13H16BrIN2O/c1-8-3-2-6-16-12(8)13(18)17-9-4-5-11(15)10(14)7-9/h4-5,7-8,12,16H,2-3,6H2,1H3,(H,17,18). The lowest BCUT2D eigenvalue weighted by molar-refractivity contribution is -0.119. The molecule has 2 rings (SSSR count). The number of carbonyl (C=O) groups excluding carboxylic acids is 1. The van der Waals surface area contributed by atoms with Crippen molar-refractivity contribution in [1.82, 2.24) is 5.32 Å². The third-order valence-corrected chi connectivity index (χ3v) is 5.58. The van der Waals surface area contributed by atoms with E-state index >= 15 is 0 Å². The molecular formula is C13H16BrIN2O. The number of halogens is 2. The molecule has 0 aromatic heterocycles. The number of rotatable bonds is 2. The van der Waals surface area contributed by atoms with E-state index in [4.69, 9.17) is 0 Å². The van der Waals surface area contributed by atoms with E-state index in [-0.39, 0.29) is 11.9 Å². The molecule has 2 unspecified atom stereocenters. The fraction of sp³-hybridized carbons (Fsp3) is 0.462. The van der Waals surface area contributed by atoms with Crippen LogP contribution in [0.1, 0.15) is 19.8 Å². The second-order valence-corrected chi connectivity index (χ2v) is 6.69. The molecule has 0 aliphatic carbocycles. The van der Waals surface area contributed by atoms with Crippen LogP contribution in [0.5, 0.6) is 0 Å². The zero-order valence-electron chi connectivity index (χ0n) is 10.2. The molecule has 1 heterocycles. The molecule has 1 aliphatic heterocycles. The van der Waals surface area contributed by atoms with Crippen LogP contribution in [-0.4, -0.2) is 18.5 Å². The van der Waals surface area contributed by atoms with E-state index in [2.05, 4.69) is 56.1 Å². The van der Waals surface area contributed by atoms with E-state index in [1.807, 2.05) is 18.2 Å².